The second-order valence-electron chi connectivity index (χ2n) is 9.77. The smallest absolute Gasteiger partial charge is 0.0577 e. The van der Waals surface area contributed by atoms with Crippen molar-refractivity contribution in [2.24, 2.45) is 34.5 Å². The number of aliphatic hydroxyl groups is 1. The van der Waals surface area contributed by atoms with Gasteiger partial charge in [-0.15, -0.1) is 0 Å². The van der Waals surface area contributed by atoms with Crippen LogP contribution in [0.3, 0.4) is 0 Å². The van der Waals surface area contributed by atoms with E-state index < -0.39 is 0 Å². The SMILES string of the molecule is CCC1=C[C@@]2(C)CC[C@@H]3[C@@H](C(CC)C=C4CC(O)CC[C@@]43C)[C@@H]2C1. The third-order valence-electron chi connectivity index (χ3n) is 8.63. The molecule has 0 aromatic heterocycles. The molecule has 4 rings (SSSR count). The average Bonchev–Trinajstić information content (AvgIpc) is 2.91. The summed E-state index contributed by atoms with van der Waals surface area (Å²) >= 11 is 0. The van der Waals surface area contributed by atoms with Crippen molar-refractivity contribution in [1.29, 1.82) is 0 Å². The molecule has 0 aliphatic heterocycles. The van der Waals surface area contributed by atoms with Crippen molar-refractivity contribution in [2.45, 2.75) is 85.2 Å². The molecule has 1 heteroatoms. The minimum atomic E-state index is -0.0907. The molecule has 1 nitrogen and oxygen atoms in total. The van der Waals surface area contributed by atoms with Crippen molar-refractivity contribution in [3.8, 4) is 0 Å². The average molecular weight is 329 g/mol. The Bertz CT molecular complexity index is 573. The molecule has 4 aliphatic rings. The maximum Gasteiger partial charge on any atom is 0.0577 e. The monoisotopic (exact) mass is 328 g/mol. The number of aliphatic hydroxyl groups excluding tert-OH is 1. The van der Waals surface area contributed by atoms with E-state index in [4.69, 9.17) is 0 Å². The number of fused-ring (bicyclic) bond motifs is 5. The van der Waals surface area contributed by atoms with Crippen LogP contribution in [-0.4, -0.2) is 11.2 Å². The van der Waals surface area contributed by atoms with Gasteiger partial charge in [0.1, 0.15) is 0 Å². The summed E-state index contributed by atoms with van der Waals surface area (Å²) in [5.41, 5.74) is 4.15. The van der Waals surface area contributed by atoms with Crippen LogP contribution >= 0.6 is 0 Å². The summed E-state index contributed by atoms with van der Waals surface area (Å²) in [4.78, 5) is 0. The predicted octanol–water partition coefficient (Wildman–Crippen LogP) is 5.89. The van der Waals surface area contributed by atoms with E-state index >= 15 is 0 Å². The molecule has 0 bridgehead atoms. The van der Waals surface area contributed by atoms with Gasteiger partial charge in [-0.25, -0.2) is 0 Å². The van der Waals surface area contributed by atoms with E-state index in [0.29, 0.717) is 10.8 Å². The van der Waals surface area contributed by atoms with Crippen molar-refractivity contribution in [3.63, 3.8) is 0 Å². The summed E-state index contributed by atoms with van der Waals surface area (Å²) in [5.74, 6) is 3.30. The van der Waals surface area contributed by atoms with Crippen LogP contribution in [0.1, 0.15) is 79.1 Å². The lowest BCUT2D eigenvalue weighted by Gasteiger charge is -2.59. The predicted molar refractivity (Wildman–Crippen MR) is 101 cm³/mol. The highest BCUT2D eigenvalue weighted by atomic mass is 16.3. The molecule has 0 saturated heterocycles. The zero-order chi connectivity index (χ0) is 17.1. The number of allylic oxidation sites excluding steroid dienone is 3. The van der Waals surface area contributed by atoms with E-state index in [1.165, 1.54) is 38.5 Å². The molecule has 134 valence electrons. The highest BCUT2D eigenvalue weighted by Crippen LogP contribution is 2.65. The van der Waals surface area contributed by atoms with Crippen LogP contribution in [0.15, 0.2) is 23.3 Å². The normalized spacial score (nSPS) is 50.5. The van der Waals surface area contributed by atoms with Crippen molar-refractivity contribution in [3.05, 3.63) is 23.3 Å². The molecule has 1 N–H and O–H groups in total. The first kappa shape index (κ1) is 16.9. The van der Waals surface area contributed by atoms with E-state index in [1.54, 1.807) is 11.1 Å². The Balaban J connectivity index is 1.73. The van der Waals surface area contributed by atoms with E-state index in [-0.39, 0.29) is 6.10 Å². The quantitative estimate of drug-likeness (QED) is 0.626. The van der Waals surface area contributed by atoms with Crippen LogP contribution < -0.4 is 0 Å². The first-order valence-corrected chi connectivity index (χ1v) is 10.5. The molecule has 7 atom stereocenters. The second-order valence-corrected chi connectivity index (χ2v) is 9.77. The molecule has 24 heavy (non-hydrogen) atoms. The van der Waals surface area contributed by atoms with Crippen molar-refractivity contribution < 1.29 is 5.11 Å². The van der Waals surface area contributed by atoms with Gasteiger partial charge in [-0.05, 0) is 85.9 Å². The summed E-state index contributed by atoms with van der Waals surface area (Å²) in [6.07, 6.45) is 15.0. The molecule has 0 radical (unpaired) electrons. The van der Waals surface area contributed by atoms with Crippen LogP contribution in [0.25, 0.3) is 0 Å². The first-order chi connectivity index (χ1) is 11.4. The van der Waals surface area contributed by atoms with Crippen LogP contribution in [0, 0.1) is 34.5 Å². The van der Waals surface area contributed by atoms with Crippen molar-refractivity contribution in [2.75, 3.05) is 0 Å². The fourth-order valence-electron chi connectivity index (χ4n) is 7.16. The largest absolute Gasteiger partial charge is 0.393 e. The standard InChI is InChI=1S/C23H36O/c1-5-15-11-20-21-16(6-2)12-17-13-18(24)7-10-23(17,4)19(21)8-9-22(20,3)14-15/h12,14,16,18-21,24H,5-11,13H2,1-4H3/t16?,18?,19-,20+,21-,22-,23+/m1/s1. The molecular weight excluding hydrogens is 292 g/mol. The van der Waals surface area contributed by atoms with Gasteiger partial charge in [0.15, 0.2) is 0 Å². The minimum absolute atomic E-state index is 0.0907. The Kier molecular flexibility index (Phi) is 4.03. The van der Waals surface area contributed by atoms with Crippen LogP contribution in [0.4, 0.5) is 0 Å². The summed E-state index contributed by atoms with van der Waals surface area (Å²) in [6, 6.07) is 0. The molecule has 4 aliphatic carbocycles. The Morgan fingerprint density at radius 1 is 1.08 bits per heavy atom. The Morgan fingerprint density at radius 3 is 2.58 bits per heavy atom. The molecular formula is C23H36O. The zero-order valence-electron chi connectivity index (χ0n) is 16.1. The lowest BCUT2D eigenvalue weighted by molar-refractivity contribution is -0.0491. The third kappa shape index (κ3) is 2.30. The first-order valence-electron chi connectivity index (χ1n) is 10.5. The van der Waals surface area contributed by atoms with Crippen molar-refractivity contribution in [1.82, 2.24) is 0 Å². The zero-order valence-corrected chi connectivity index (χ0v) is 16.1. The summed E-state index contributed by atoms with van der Waals surface area (Å²) in [5, 5.41) is 10.2. The van der Waals surface area contributed by atoms with Gasteiger partial charge in [0.25, 0.3) is 0 Å². The van der Waals surface area contributed by atoms with Crippen LogP contribution in [0.2, 0.25) is 0 Å². The number of rotatable bonds is 2. The highest BCUT2D eigenvalue weighted by Gasteiger charge is 2.57. The fraction of sp³-hybridized carbons (Fsp3) is 0.826. The summed E-state index contributed by atoms with van der Waals surface area (Å²) in [7, 11) is 0. The van der Waals surface area contributed by atoms with E-state index in [0.717, 1.165) is 36.5 Å². The summed E-state index contributed by atoms with van der Waals surface area (Å²) < 4.78 is 0. The molecule has 0 aromatic rings. The van der Waals surface area contributed by atoms with Gasteiger partial charge in [-0.1, -0.05) is 51.0 Å². The van der Waals surface area contributed by atoms with Gasteiger partial charge in [-0.3, -0.25) is 0 Å². The van der Waals surface area contributed by atoms with Gasteiger partial charge in [-0.2, -0.15) is 0 Å². The fourth-order valence-corrected chi connectivity index (χ4v) is 7.16. The Morgan fingerprint density at radius 2 is 1.88 bits per heavy atom. The van der Waals surface area contributed by atoms with E-state index in [1.807, 2.05) is 0 Å². The lowest BCUT2D eigenvalue weighted by Crippen LogP contribution is -2.52. The van der Waals surface area contributed by atoms with Gasteiger partial charge >= 0.3 is 0 Å². The maximum atomic E-state index is 10.2. The maximum absolute atomic E-state index is 10.2. The molecule has 0 aromatic carbocycles. The molecule has 2 unspecified atom stereocenters. The molecule has 0 spiro atoms. The molecule has 0 amide bonds. The lowest BCUT2D eigenvalue weighted by atomic mass is 9.45. The van der Waals surface area contributed by atoms with Gasteiger partial charge in [0, 0.05) is 0 Å². The van der Waals surface area contributed by atoms with E-state index in [9.17, 15) is 5.11 Å². The number of hydrogen-bond donors (Lipinski definition) is 1. The topological polar surface area (TPSA) is 20.2 Å². The Hall–Kier alpha value is -0.560. The molecule has 2 saturated carbocycles. The third-order valence-corrected chi connectivity index (χ3v) is 8.63. The highest BCUT2D eigenvalue weighted by molar-refractivity contribution is 5.30. The minimum Gasteiger partial charge on any atom is -0.393 e. The Labute approximate surface area is 148 Å². The number of hydrogen-bond acceptors (Lipinski definition) is 1. The van der Waals surface area contributed by atoms with Crippen LogP contribution in [-0.2, 0) is 0 Å². The van der Waals surface area contributed by atoms with E-state index in [2.05, 4.69) is 39.8 Å². The molecule has 2 fully saturated rings. The van der Waals surface area contributed by atoms with Gasteiger partial charge < -0.3 is 5.11 Å². The van der Waals surface area contributed by atoms with Crippen LogP contribution in [0.5, 0.6) is 0 Å². The molecule has 0 heterocycles. The summed E-state index contributed by atoms with van der Waals surface area (Å²) in [6.45, 7) is 9.81. The van der Waals surface area contributed by atoms with Gasteiger partial charge in [0.05, 0.1) is 6.10 Å². The van der Waals surface area contributed by atoms with Crippen molar-refractivity contribution >= 4 is 0 Å². The van der Waals surface area contributed by atoms with Gasteiger partial charge in [0.2, 0.25) is 0 Å². The second kappa shape index (κ2) is 5.73.